The van der Waals surface area contributed by atoms with Crippen LogP contribution in [0, 0.1) is 6.92 Å². The number of nitrogens with zero attached hydrogens (tertiary/aromatic N) is 1. The first-order valence-corrected chi connectivity index (χ1v) is 5.08. The van der Waals surface area contributed by atoms with Gasteiger partial charge in [0, 0.05) is 12.4 Å². The van der Waals surface area contributed by atoms with Gasteiger partial charge in [0.2, 0.25) is 0 Å². The zero-order valence-corrected chi connectivity index (χ0v) is 9.23. The van der Waals surface area contributed by atoms with E-state index in [1.165, 1.54) is 12.3 Å². The van der Waals surface area contributed by atoms with Crippen molar-refractivity contribution in [2.75, 3.05) is 5.32 Å². The van der Waals surface area contributed by atoms with Gasteiger partial charge in [-0.25, -0.2) is 4.98 Å². The van der Waals surface area contributed by atoms with E-state index in [0.717, 1.165) is 5.56 Å². The van der Waals surface area contributed by atoms with E-state index in [4.69, 9.17) is 0 Å². The fraction of sp³-hybridized carbons (Fsp3) is 0.0833. The highest BCUT2D eigenvalue weighted by Crippen LogP contribution is 2.06. The molecule has 5 nitrogen and oxygen atoms in total. The predicted octanol–water partition coefficient (Wildman–Crippen LogP) is 1.33. The highest BCUT2D eigenvalue weighted by Gasteiger charge is 2.10. The van der Waals surface area contributed by atoms with Gasteiger partial charge in [-0.3, -0.25) is 9.59 Å². The van der Waals surface area contributed by atoms with Gasteiger partial charge >= 0.3 is 0 Å². The van der Waals surface area contributed by atoms with E-state index >= 15 is 0 Å². The van der Waals surface area contributed by atoms with Gasteiger partial charge in [0.15, 0.2) is 0 Å². The maximum absolute atomic E-state index is 11.8. The number of amides is 1. The number of pyridine rings is 2. The molecule has 0 unspecified atom stereocenters. The Bertz CT molecular complexity index is 604. The molecule has 0 spiro atoms. The van der Waals surface area contributed by atoms with Crippen molar-refractivity contribution >= 4 is 11.7 Å². The fourth-order valence-corrected chi connectivity index (χ4v) is 1.39. The third kappa shape index (κ3) is 2.57. The maximum atomic E-state index is 11.8. The van der Waals surface area contributed by atoms with Gasteiger partial charge in [0.25, 0.3) is 11.5 Å². The second-order valence-corrected chi connectivity index (χ2v) is 3.59. The van der Waals surface area contributed by atoms with Crippen LogP contribution in [0.5, 0.6) is 0 Å². The molecule has 2 heterocycles. The minimum Gasteiger partial charge on any atom is -0.328 e. The number of rotatable bonds is 2. The number of carbonyl (C=O) groups is 1. The quantitative estimate of drug-likeness (QED) is 0.815. The summed E-state index contributed by atoms with van der Waals surface area (Å²) in [7, 11) is 0. The second kappa shape index (κ2) is 4.61. The molecule has 0 aliphatic carbocycles. The summed E-state index contributed by atoms with van der Waals surface area (Å²) in [5.41, 5.74) is 0.630. The molecule has 5 heteroatoms. The minimum absolute atomic E-state index is 0.0656. The van der Waals surface area contributed by atoms with E-state index in [-0.39, 0.29) is 5.56 Å². The van der Waals surface area contributed by atoms with E-state index in [1.807, 2.05) is 13.0 Å². The monoisotopic (exact) mass is 229 g/mol. The van der Waals surface area contributed by atoms with Gasteiger partial charge in [-0.1, -0.05) is 0 Å². The van der Waals surface area contributed by atoms with E-state index in [0.29, 0.717) is 5.82 Å². The smallest absolute Gasteiger partial charge is 0.262 e. The third-order valence-electron chi connectivity index (χ3n) is 2.22. The van der Waals surface area contributed by atoms with Crippen molar-refractivity contribution in [2.24, 2.45) is 0 Å². The Kier molecular flexibility index (Phi) is 3.00. The van der Waals surface area contributed by atoms with Crippen molar-refractivity contribution in [1.82, 2.24) is 9.97 Å². The van der Waals surface area contributed by atoms with Crippen LogP contribution in [0.25, 0.3) is 0 Å². The van der Waals surface area contributed by atoms with Crippen molar-refractivity contribution in [3.8, 4) is 0 Å². The van der Waals surface area contributed by atoms with Crippen molar-refractivity contribution in [3.63, 3.8) is 0 Å². The molecule has 0 atom stereocenters. The first-order chi connectivity index (χ1) is 8.16. The van der Waals surface area contributed by atoms with E-state index in [1.54, 1.807) is 18.3 Å². The number of anilines is 1. The van der Waals surface area contributed by atoms with Gasteiger partial charge < -0.3 is 10.3 Å². The van der Waals surface area contributed by atoms with Crippen molar-refractivity contribution in [2.45, 2.75) is 6.92 Å². The van der Waals surface area contributed by atoms with Crippen LogP contribution in [0.4, 0.5) is 5.82 Å². The fourth-order valence-electron chi connectivity index (χ4n) is 1.39. The number of H-pyrrole nitrogens is 1. The number of aryl methyl sites for hydroxylation is 1. The lowest BCUT2D eigenvalue weighted by Crippen LogP contribution is -2.22. The van der Waals surface area contributed by atoms with Gasteiger partial charge in [-0.2, -0.15) is 0 Å². The van der Waals surface area contributed by atoms with Crippen molar-refractivity contribution in [3.05, 3.63) is 58.1 Å². The molecule has 1 amide bonds. The Labute approximate surface area is 97.5 Å². The van der Waals surface area contributed by atoms with Crippen molar-refractivity contribution in [1.29, 1.82) is 0 Å². The van der Waals surface area contributed by atoms with Crippen LogP contribution in [-0.4, -0.2) is 15.9 Å². The largest absolute Gasteiger partial charge is 0.328 e. The molecule has 17 heavy (non-hydrogen) atoms. The van der Waals surface area contributed by atoms with Crippen LogP contribution in [0.1, 0.15) is 15.9 Å². The summed E-state index contributed by atoms with van der Waals surface area (Å²) < 4.78 is 0. The summed E-state index contributed by atoms with van der Waals surface area (Å²) in [6.07, 6.45) is 3.07. The number of aromatic nitrogens is 2. The summed E-state index contributed by atoms with van der Waals surface area (Å²) in [6, 6.07) is 6.62. The number of aromatic amines is 1. The molecule has 2 rings (SSSR count). The van der Waals surface area contributed by atoms with Crippen LogP contribution in [0.2, 0.25) is 0 Å². The summed E-state index contributed by atoms with van der Waals surface area (Å²) in [4.78, 5) is 29.6. The van der Waals surface area contributed by atoms with Crippen LogP contribution in [0.3, 0.4) is 0 Å². The third-order valence-corrected chi connectivity index (χ3v) is 2.22. The molecule has 0 bridgehead atoms. The average molecular weight is 229 g/mol. The summed E-state index contributed by atoms with van der Waals surface area (Å²) in [5, 5.41) is 2.57. The molecule has 2 aromatic rings. The molecular formula is C12H11N3O2. The molecule has 0 fully saturated rings. The Hall–Kier alpha value is -2.43. The highest BCUT2D eigenvalue weighted by molar-refractivity contribution is 6.03. The highest BCUT2D eigenvalue weighted by atomic mass is 16.2. The predicted molar refractivity (Wildman–Crippen MR) is 64.0 cm³/mol. The molecule has 0 saturated heterocycles. The molecule has 0 aromatic carbocycles. The van der Waals surface area contributed by atoms with Crippen LogP contribution >= 0.6 is 0 Å². The minimum atomic E-state index is -0.468. The standard InChI is InChI=1S/C12H11N3O2/c1-8-4-6-13-10(7-8)15-12(17)9-3-2-5-14-11(9)16/h2-7H,1H3,(H,14,16)(H,13,15,17). The molecule has 0 radical (unpaired) electrons. The van der Waals surface area contributed by atoms with E-state index in [2.05, 4.69) is 15.3 Å². The number of carbonyl (C=O) groups excluding carboxylic acids is 1. The SMILES string of the molecule is Cc1ccnc(NC(=O)c2ccc[nH]c2=O)c1. The lowest BCUT2D eigenvalue weighted by Gasteiger charge is -2.03. The molecule has 0 saturated carbocycles. The summed E-state index contributed by atoms with van der Waals surface area (Å²) in [5.74, 6) is -0.0387. The Morgan fingerprint density at radius 1 is 1.41 bits per heavy atom. The lowest BCUT2D eigenvalue weighted by atomic mass is 10.2. The average Bonchev–Trinajstić information content (AvgIpc) is 2.29. The lowest BCUT2D eigenvalue weighted by molar-refractivity contribution is 0.102. The van der Waals surface area contributed by atoms with Gasteiger partial charge in [0.05, 0.1) is 0 Å². The van der Waals surface area contributed by atoms with E-state index < -0.39 is 11.5 Å². The summed E-state index contributed by atoms with van der Waals surface area (Å²) >= 11 is 0. The Morgan fingerprint density at radius 3 is 2.94 bits per heavy atom. The summed E-state index contributed by atoms with van der Waals surface area (Å²) in [6.45, 7) is 1.90. The van der Waals surface area contributed by atoms with Crippen LogP contribution in [0.15, 0.2) is 41.5 Å². The number of hydrogen-bond acceptors (Lipinski definition) is 3. The molecule has 2 aromatic heterocycles. The molecule has 0 aliphatic heterocycles. The van der Waals surface area contributed by atoms with Crippen molar-refractivity contribution < 1.29 is 4.79 Å². The molecular weight excluding hydrogens is 218 g/mol. The van der Waals surface area contributed by atoms with Gasteiger partial charge in [0.1, 0.15) is 11.4 Å². The maximum Gasteiger partial charge on any atom is 0.262 e. The Balaban J connectivity index is 2.23. The zero-order chi connectivity index (χ0) is 12.3. The number of nitrogens with one attached hydrogen (secondary N) is 2. The van der Waals surface area contributed by atoms with E-state index in [9.17, 15) is 9.59 Å². The number of hydrogen-bond donors (Lipinski definition) is 2. The molecule has 86 valence electrons. The van der Waals surface area contributed by atoms with Crippen LogP contribution < -0.4 is 10.9 Å². The first-order valence-electron chi connectivity index (χ1n) is 5.08. The Morgan fingerprint density at radius 2 is 2.24 bits per heavy atom. The normalized spacial score (nSPS) is 9.94. The zero-order valence-electron chi connectivity index (χ0n) is 9.23. The second-order valence-electron chi connectivity index (χ2n) is 3.59. The molecule has 2 N–H and O–H groups in total. The topological polar surface area (TPSA) is 74.8 Å². The molecule has 0 aliphatic rings. The van der Waals surface area contributed by atoms with Gasteiger partial charge in [-0.15, -0.1) is 0 Å². The van der Waals surface area contributed by atoms with Crippen LogP contribution in [-0.2, 0) is 0 Å². The van der Waals surface area contributed by atoms with Gasteiger partial charge in [-0.05, 0) is 36.8 Å². The first kappa shape index (κ1) is 11.1.